The Morgan fingerprint density at radius 1 is 1.26 bits per heavy atom. The van der Waals surface area contributed by atoms with Gasteiger partial charge in [0.05, 0.1) is 6.54 Å². The SMILES string of the molecule is CC(C)C1=CC(C(=O)N2CCC3(CC2)CC3CNC(=O)c2cc3ccccc3o2)=NC1. The van der Waals surface area contributed by atoms with E-state index in [0.717, 1.165) is 43.3 Å². The Bertz CT molecular complexity index is 1050. The molecule has 0 bridgehead atoms. The topological polar surface area (TPSA) is 74.9 Å². The molecule has 0 radical (unpaired) electrons. The molecule has 1 saturated carbocycles. The van der Waals surface area contributed by atoms with E-state index in [1.807, 2.05) is 35.2 Å². The van der Waals surface area contributed by atoms with Crippen molar-refractivity contribution in [2.75, 3.05) is 26.2 Å². The maximum atomic E-state index is 12.8. The molecular weight excluding hydrogens is 390 g/mol. The van der Waals surface area contributed by atoms with Gasteiger partial charge in [-0.05, 0) is 60.3 Å². The Balaban J connectivity index is 1.12. The number of para-hydroxylation sites is 1. The molecule has 1 aromatic heterocycles. The van der Waals surface area contributed by atoms with Crippen molar-refractivity contribution in [1.29, 1.82) is 0 Å². The Kier molecular flexibility index (Phi) is 4.95. The second-order valence-corrected chi connectivity index (χ2v) is 9.49. The highest BCUT2D eigenvalue weighted by Gasteiger charge is 2.55. The number of nitrogens with zero attached hydrogens (tertiary/aromatic N) is 2. The normalized spacial score (nSPS) is 22.0. The number of amides is 2. The second kappa shape index (κ2) is 7.66. The molecule has 2 aliphatic heterocycles. The van der Waals surface area contributed by atoms with Crippen LogP contribution in [0.3, 0.4) is 0 Å². The van der Waals surface area contributed by atoms with E-state index in [4.69, 9.17) is 4.42 Å². The number of nitrogens with one attached hydrogen (secondary N) is 1. The quantitative estimate of drug-likeness (QED) is 0.800. The van der Waals surface area contributed by atoms with Gasteiger partial charge < -0.3 is 14.6 Å². The van der Waals surface area contributed by atoms with Gasteiger partial charge in [0.15, 0.2) is 5.76 Å². The summed E-state index contributed by atoms with van der Waals surface area (Å²) in [5.41, 5.74) is 2.85. The zero-order valence-corrected chi connectivity index (χ0v) is 18.2. The fourth-order valence-corrected chi connectivity index (χ4v) is 4.97. The van der Waals surface area contributed by atoms with Gasteiger partial charge in [-0.3, -0.25) is 14.6 Å². The predicted molar refractivity (Wildman–Crippen MR) is 120 cm³/mol. The number of likely N-dealkylation sites (tertiary alicyclic amines) is 1. The Hall–Kier alpha value is -2.89. The van der Waals surface area contributed by atoms with Crippen molar-refractivity contribution in [3.8, 4) is 0 Å². The molecule has 2 aromatic rings. The smallest absolute Gasteiger partial charge is 0.287 e. The summed E-state index contributed by atoms with van der Waals surface area (Å²) in [6, 6.07) is 9.44. The minimum absolute atomic E-state index is 0.0703. The van der Waals surface area contributed by atoms with E-state index in [2.05, 4.69) is 24.2 Å². The lowest BCUT2D eigenvalue weighted by molar-refractivity contribution is -0.125. The van der Waals surface area contributed by atoms with Gasteiger partial charge in [0.25, 0.3) is 11.8 Å². The summed E-state index contributed by atoms with van der Waals surface area (Å²) in [5.74, 6) is 1.19. The van der Waals surface area contributed by atoms with E-state index in [1.54, 1.807) is 6.07 Å². The largest absolute Gasteiger partial charge is 0.451 e. The number of furan rings is 1. The summed E-state index contributed by atoms with van der Waals surface area (Å²) in [4.78, 5) is 31.7. The number of aliphatic imine (C=N–C) groups is 1. The lowest BCUT2D eigenvalue weighted by Crippen LogP contribution is -2.42. The molecule has 5 rings (SSSR count). The van der Waals surface area contributed by atoms with Gasteiger partial charge in [-0.2, -0.15) is 0 Å². The van der Waals surface area contributed by atoms with E-state index < -0.39 is 0 Å². The average Bonchev–Trinajstić information content (AvgIpc) is 3.16. The molecule has 3 heterocycles. The van der Waals surface area contributed by atoms with E-state index in [1.165, 1.54) is 5.57 Å². The first-order valence-electron chi connectivity index (χ1n) is 11.3. The van der Waals surface area contributed by atoms with Crippen LogP contribution in [0.2, 0.25) is 0 Å². The maximum absolute atomic E-state index is 12.8. The average molecular weight is 420 g/mol. The molecular formula is C25H29N3O3. The number of benzene rings is 1. The molecule has 2 fully saturated rings. The molecule has 1 atom stereocenters. The maximum Gasteiger partial charge on any atom is 0.287 e. The molecule has 1 N–H and O–H groups in total. The number of hydrogen-bond acceptors (Lipinski definition) is 4. The number of carbonyl (C=O) groups excluding carboxylic acids is 2. The van der Waals surface area contributed by atoms with Gasteiger partial charge in [0, 0.05) is 25.0 Å². The van der Waals surface area contributed by atoms with Gasteiger partial charge in [0.2, 0.25) is 0 Å². The van der Waals surface area contributed by atoms with Crippen LogP contribution in [0.5, 0.6) is 0 Å². The molecule has 1 aromatic carbocycles. The van der Waals surface area contributed by atoms with E-state index >= 15 is 0 Å². The molecule has 6 heteroatoms. The first kappa shape index (κ1) is 20.0. The molecule has 1 aliphatic carbocycles. The third-order valence-corrected chi connectivity index (χ3v) is 7.28. The zero-order chi connectivity index (χ0) is 21.6. The van der Waals surface area contributed by atoms with Gasteiger partial charge in [-0.1, -0.05) is 32.0 Å². The fraction of sp³-hybridized carbons (Fsp3) is 0.480. The minimum atomic E-state index is -0.155. The lowest BCUT2D eigenvalue weighted by Gasteiger charge is -2.33. The fourth-order valence-electron chi connectivity index (χ4n) is 4.97. The molecule has 1 spiro atoms. The van der Waals surface area contributed by atoms with E-state index in [9.17, 15) is 9.59 Å². The van der Waals surface area contributed by atoms with Crippen molar-refractivity contribution in [3.63, 3.8) is 0 Å². The highest BCUT2D eigenvalue weighted by atomic mass is 16.3. The van der Waals surface area contributed by atoms with Crippen LogP contribution in [0.15, 0.2) is 51.4 Å². The van der Waals surface area contributed by atoms with Crippen molar-refractivity contribution in [3.05, 3.63) is 47.7 Å². The van der Waals surface area contributed by atoms with Crippen LogP contribution in [-0.4, -0.2) is 48.6 Å². The number of rotatable bonds is 5. The van der Waals surface area contributed by atoms with Gasteiger partial charge in [-0.25, -0.2) is 0 Å². The summed E-state index contributed by atoms with van der Waals surface area (Å²) >= 11 is 0. The molecule has 1 saturated heterocycles. The Morgan fingerprint density at radius 3 is 2.74 bits per heavy atom. The Morgan fingerprint density at radius 2 is 2.03 bits per heavy atom. The van der Waals surface area contributed by atoms with Crippen LogP contribution < -0.4 is 5.32 Å². The lowest BCUT2D eigenvalue weighted by atomic mass is 9.90. The standard InChI is InChI=1S/C25H29N3O3/c1-16(2)18-11-20(26-14-18)24(30)28-9-7-25(8-10-28)13-19(25)15-27-23(29)22-12-17-5-3-4-6-21(17)31-22/h3-6,11-12,16,19H,7-10,13-15H2,1-2H3,(H,27,29). The van der Waals surface area contributed by atoms with Gasteiger partial charge >= 0.3 is 0 Å². The third-order valence-electron chi connectivity index (χ3n) is 7.28. The van der Waals surface area contributed by atoms with Crippen molar-refractivity contribution < 1.29 is 14.0 Å². The van der Waals surface area contributed by atoms with Crippen LogP contribution in [-0.2, 0) is 4.79 Å². The van der Waals surface area contributed by atoms with Crippen LogP contribution in [0.1, 0.15) is 43.7 Å². The third kappa shape index (κ3) is 3.80. The highest BCUT2D eigenvalue weighted by molar-refractivity contribution is 6.44. The summed E-state index contributed by atoms with van der Waals surface area (Å²) in [5, 5.41) is 3.99. The summed E-state index contributed by atoms with van der Waals surface area (Å²) in [6.07, 6.45) is 5.09. The minimum Gasteiger partial charge on any atom is -0.451 e. The highest BCUT2D eigenvalue weighted by Crippen LogP contribution is 2.59. The van der Waals surface area contributed by atoms with Gasteiger partial charge in [0.1, 0.15) is 11.3 Å². The van der Waals surface area contributed by atoms with Gasteiger partial charge in [-0.15, -0.1) is 0 Å². The zero-order valence-electron chi connectivity index (χ0n) is 18.2. The molecule has 2 amide bonds. The Labute approximate surface area is 182 Å². The molecule has 31 heavy (non-hydrogen) atoms. The summed E-state index contributed by atoms with van der Waals surface area (Å²) in [7, 11) is 0. The number of hydrogen-bond donors (Lipinski definition) is 1. The van der Waals surface area contributed by atoms with Crippen molar-refractivity contribution in [1.82, 2.24) is 10.2 Å². The predicted octanol–water partition coefficient (Wildman–Crippen LogP) is 3.83. The van der Waals surface area contributed by atoms with Crippen molar-refractivity contribution in [2.45, 2.75) is 33.1 Å². The number of carbonyl (C=O) groups is 2. The first-order valence-corrected chi connectivity index (χ1v) is 11.3. The molecule has 1 unspecified atom stereocenters. The van der Waals surface area contributed by atoms with Crippen LogP contribution in [0, 0.1) is 17.3 Å². The van der Waals surface area contributed by atoms with E-state index in [0.29, 0.717) is 36.4 Å². The van der Waals surface area contributed by atoms with E-state index in [-0.39, 0.29) is 17.2 Å². The molecule has 3 aliphatic rings. The molecule has 162 valence electrons. The van der Waals surface area contributed by atoms with Crippen LogP contribution >= 0.6 is 0 Å². The first-order chi connectivity index (χ1) is 14.9. The monoisotopic (exact) mass is 419 g/mol. The van der Waals surface area contributed by atoms with Crippen molar-refractivity contribution >= 4 is 28.5 Å². The van der Waals surface area contributed by atoms with Crippen LogP contribution in [0.25, 0.3) is 11.0 Å². The van der Waals surface area contributed by atoms with Crippen molar-refractivity contribution in [2.24, 2.45) is 22.2 Å². The summed E-state index contributed by atoms with van der Waals surface area (Å²) < 4.78 is 5.66. The van der Waals surface area contributed by atoms with Crippen LogP contribution in [0.4, 0.5) is 0 Å². The molecule has 6 nitrogen and oxygen atoms in total. The summed E-state index contributed by atoms with van der Waals surface area (Å²) in [6.45, 7) is 7.15. The second-order valence-electron chi connectivity index (χ2n) is 9.49. The number of piperidine rings is 1. The number of fused-ring (bicyclic) bond motifs is 1.